The van der Waals surface area contributed by atoms with Crippen molar-refractivity contribution in [3.8, 4) is 0 Å². The van der Waals surface area contributed by atoms with Crippen LogP contribution in [0.15, 0.2) is 10.6 Å². The Hall–Kier alpha value is -1.85. The highest BCUT2D eigenvalue weighted by atomic mass is 16.5. The van der Waals surface area contributed by atoms with Crippen molar-refractivity contribution in [3.63, 3.8) is 0 Å². The minimum atomic E-state index is -0.373. The average molecular weight is 240 g/mol. The van der Waals surface area contributed by atoms with Crippen LogP contribution in [0.3, 0.4) is 0 Å². The zero-order chi connectivity index (χ0) is 13.0. The molecule has 1 aromatic heterocycles. The maximum Gasteiger partial charge on any atom is 0.310 e. The monoisotopic (exact) mass is 240 g/mol. The summed E-state index contributed by atoms with van der Waals surface area (Å²) in [4.78, 5) is 24.5. The summed E-state index contributed by atoms with van der Waals surface area (Å²) in [6.07, 6.45) is 0. The Morgan fingerprint density at radius 2 is 2.24 bits per heavy atom. The minimum Gasteiger partial charge on any atom is -0.469 e. The van der Waals surface area contributed by atoms with Gasteiger partial charge in [0.15, 0.2) is 5.69 Å². The summed E-state index contributed by atoms with van der Waals surface area (Å²) in [5.41, 5.74) is 0.238. The van der Waals surface area contributed by atoms with Crippen molar-refractivity contribution in [2.24, 2.45) is 5.92 Å². The van der Waals surface area contributed by atoms with Gasteiger partial charge in [0.25, 0.3) is 5.91 Å². The first-order valence-electron chi connectivity index (χ1n) is 5.22. The molecule has 0 saturated heterocycles. The predicted octanol–water partition coefficient (Wildman–Crippen LogP) is 0.864. The molecule has 0 saturated carbocycles. The summed E-state index contributed by atoms with van der Waals surface area (Å²) in [5, 5.41) is 3.63. The summed E-state index contributed by atoms with van der Waals surface area (Å²) in [7, 11) is 2.92. The van der Waals surface area contributed by atoms with Crippen LogP contribution >= 0.6 is 0 Å². The molecule has 1 aromatic rings. The van der Waals surface area contributed by atoms with Gasteiger partial charge in [0.05, 0.1) is 13.0 Å². The van der Waals surface area contributed by atoms with Crippen molar-refractivity contribution < 1.29 is 18.8 Å². The SMILES string of the molecule is COC(=O)C(C)CN(C)C(=O)c1cc(C)on1. The van der Waals surface area contributed by atoms with Gasteiger partial charge in [-0.3, -0.25) is 9.59 Å². The van der Waals surface area contributed by atoms with E-state index >= 15 is 0 Å². The Bertz CT molecular complexity index is 413. The van der Waals surface area contributed by atoms with E-state index in [4.69, 9.17) is 4.52 Å². The third kappa shape index (κ3) is 3.30. The van der Waals surface area contributed by atoms with Crippen LogP contribution < -0.4 is 0 Å². The maximum atomic E-state index is 11.9. The van der Waals surface area contributed by atoms with Crippen molar-refractivity contribution in [1.29, 1.82) is 0 Å². The largest absolute Gasteiger partial charge is 0.469 e. The van der Waals surface area contributed by atoms with Crippen LogP contribution in [0.25, 0.3) is 0 Å². The molecule has 0 spiro atoms. The van der Waals surface area contributed by atoms with E-state index in [1.54, 1.807) is 27.0 Å². The number of hydrogen-bond acceptors (Lipinski definition) is 5. The second kappa shape index (κ2) is 5.47. The molecule has 1 amide bonds. The van der Waals surface area contributed by atoms with E-state index in [1.807, 2.05) is 0 Å². The summed E-state index contributed by atoms with van der Waals surface area (Å²) >= 11 is 0. The van der Waals surface area contributed by atoms with Gasteiger partial charge >= 0.3 is 5.97 Å². The first-order valence-corrected chi connectivity index (χ1v) is 5.22. The van der Waals surface area contributed by atoms with E-state index in [0.29, 0.717) is 5.76 Å². The molecule has 94 valence electrons. The van der Waals surface area contributed by atoms with Gasteiger partial charge in [-0.1, -0.05) is 12.1 Å². The van der Waals surface area contributed by atoms with Crippen molar-refractivity contribution >= 4 is 11.9 Å². The second-order valence-corrected chi connectivity index (χ2v) is 3.93. The molecule has 6 nitrogen and oxygen atoms in total. The summed E-state index contributed by atoms with van der Waals surface area (Å²) in [6.45, 7) is 3.68. The molecule has 0 fully saturated rings. The summed E-state index contributed by atoms with van der Waals surface area (Å²) < 4.78 is 9.41. The topological polar surface area (TPSA) is 72.6 Å². The number of aryl methyl sites for hydroxylation is 1. The molecule has 0 aromatic carbocycles. The van der Waals surface area contributed by atoms with Crippen LogP contribution in [0.4, 0.5) is 0 Å². The fourth-order valence-electron chi connectivity index (χ4n) is 1.43. The lowest BCUT2D eigenvalue weighted by Gasteiger charge is -2.18. The van der Waals surface area contributed by atoms with Crippen molar-refractivity contribution in [2.45, 2.75) is 13.8 Å². The molecule has 6 heteroatoms. The standard InChI is InChI=1S/C11H16N2O4/c1-7(11(15)16-4)6-13(3)10(14)9-5-8(2)17-12-9/h5,7H,6H2,1-4H3. The van der Waals surface area contributed by atoms with Gasteiger partial charge in [0.1, 0.15) is 5.76 Å². The molecule has 0 aliphatic heterocycles. The maximum absolute atomic E-state index is 11.9. The summed E-state index contributed by atoms with van der Waals surface area (Å²) in [6, 6.07) is 1.56. The van der Waals surface area contributed by atoms with Crippen LogP contribution in [-0.4, -0.2) is 42.6 Å². The first kappa shape index (κ1) is 13.2. The fourth-order valence-corrected chi connectivity index (χ4v) is 1.43. The van der Waals surface area contributed by atoms with Crippen molar-refractivity contribution in [1.82, 2.24) is 10.1 Å². The van der Waals surface area contributed by atoms with E-state index in [-0.39, 0.29) is 30.0 Å². The van der Waals surface area contributed by atoms with Gasteiger partial charge in [0.2, 0.25) is 0 Å². The van der Waals surface area contributed by atoms with Crippen LogP contribution in [0.5, 0.6) is 0 Å². The molecule has 0 N–H and O–H groups in total. The lowest BCUT2D eigenvalue weighted by molar-refractivity contribution is -0.145. The molecule has 0 aliphatic rings. The molecule has 0 aliphatic carbocycles. The molecule has 0 radical (unpaired) electrons. The number of nitrogens with zero attached hydrogens (tertiary/aromatic N) is 2. The van der Waals surface area contributed by atoms with E-state index < -0.39 is 0 Å². The average Bonchev–Trinajstić information content (AvgIpc) is 2.73. The second-order valence-electron chi connectivity index (χ2n) is 3.93. The Balaban J connectivity index is 2.62. The van der Waals surface area contributed by atoms with Gasteiger partial charge in [-0.2, -0.15) is 0 Å². The number of ether oxygens (including phenoxy) is 1. The highest BCUT2D eigenvalue weighted by Crippen LogP contribution is 2.07. The minimum absolute atomic E-state index is 0.238. The van der Waals surface area contributed by atoms with Gasteiger partial charge in [-0.25, -0.2) is 0 Å². The van der Waals surface area contributed by atoms with E-state index in [1.165, 1.54) is 12.0 Å². The first-order chi connectivity index (χ1) is 7.95. The number of hydrogen-bond donors (Lipinski definition) is 0. The molecule has 1 unspecified atom stereocenters. The lowest BCUT2D eigenvalue weighted by atomic mass is 10.1. The van der Waals surface area contributed by atoms with Crippen LogP contribution in [0.1, 0.15) is 23.2 Å². The highest BCUT2D eigenvalue weighted by Gasteiger charge is 2.21. The van der Waals surface area contributed by atoms with E-state index in [9.17, 15) is 9.59 Å². The number of aromatic nitrogens is 1. The number of rotatable bonds is 4. The predicted molar refractivity (Wildman–Crippen MR) is 59.4 cm³/mol. The van der Waals surface area contributed by atoms with E-state index in [2.05, 4.69) is 9.89 Å². The zero-order valence-corrected chi connectivity index (χ0v) is 10.4. The molecule has 1 heterocycles. The van der Waals surface area contributed by atoms with Gasteiger partial charge in [-0.15, -0.1) is 0 Å². The number of methoxy groups -OCH3 is 1. The highest BCUT2D eigenvalue weighted by molar-refractivity contribution is 5.92. The van der Waals surface area contributed by atoms with Crippen LogP contribution in [0, 0.1) is 12.8 Å². The molecule has 17 heavy (non-hydrogen) atoms. The molecular weight excluding hydrogens is 224 g/mol. The van der Waals surface area contributed by atoms with Gasteiger partial charge < -0.3 is 14.2 Å². The molecular formula is C11H16N2O4. The molecule has 0 bridgehead atoms. The number of carbonyl (C=O) groups excluding carboxylic acids is 2. The number of carbonyl (C=O) groups is 2. The number of esters is 1. The Labute approximate surface area is 99.5 Å². The fraction of sp³-hybridized carbons (Fsp3) is 0.545. The normalized spacial score (nSPS) is 12.0. The van der Waals surface area contributed by atoms with Crippen LogP contribution in [-0.2, 0) is 9.53 Å². The van der Waals surface area contributed by atoms with Gasteiger partial charge in [-0.05, 0) is 6.92 Å². The van der Waals surface area contributed by atoms with Crippen LogP contribution in [0.2, 0.25) is 0 Å². The van der Waals surface area contributed by atoms with E-state index in [0.717, 1.165) is 0 Å². The quantitative estimate of drug-likeness (QED) is 0.730. The third-order valence-electron chi connectivity index (χ3n) is 2.35. The summed E-state index contributed by atoms with van der Waals surface area (Å²) in [5.74, 6) is -0.427. The Morgan fingerprint density at radius 3 is 2.71 bits per heavy atom. The van der Waals surface area contributed by atoms with Gasteiger partial charge in [0, 0.05) is 19.7 Å². The Morgan fingerprint density at radius 1 is 1.59 bits per heavy atom. The molecule has 1 rings (SSSR count). The smallest absolute Gasteiger partial charge is 0.310 e. The zero-order valence-electron chi connectivity index (χ0n) is 10.4. The van der Waals surface area contributed by atoms with Crippen molar-refractivity contribution in [3.05, 3.63) is 17.5 Å². The molecule has 1 atom stereocenters. The third-order valence-corrected chi connectivity index (χ3v) is 2.35. The van der Waals surface area contributed by atoms with Crippen molar-refractivity contribution in [2.75, 3.05) is 20.7 Å². The Kier molecular flexibility index (Phi) is 4.25. The lowest BCUT2D eigenvalue weighted by Crippen LogP contribution is -2.34. The number of amides is 1.